The molecule has 2 heterocycles. The Kier molecular flexibility index (Phi) is 3.12. The number of aryl methyl sites for hydroxylation is 1. The summed E-state index contributed by atoms with van der Waals surface area (Å²) in [5.74, 6) is -0.151. The molecule has 0 saturated carbocycles. The Bertz CT molecular complexity index is 379. The van der Waals surface area contributed by atoms with E-state index in [0.29, 0.717) is 5.56 Å². The van der Waals surface area contributed by atoms with Crippen LogP contribution in [0.15, 0.2) is 6.20 Å². The molecular weight excluding hydrogens is 206 g/mol. The van der Waals surface area contributed by atoms with E-state index in [1.54, 1.807) is 11.7 Å². The Morgan fingerprint density at radius 2 is 1.94 bits per heavy atom. The van der Waals surface area contributed by atoms with E-state index in [1.807, 2.05) is 0 Å². The number of rotatable bonds is 2. The van der Waals surface area contributed by atoms with Crippen LogP contribution in [0.5, 0.6) is 0 Å². The molecule has 0 atom stereocenters. The molecule has 1 aliphatic heterocycles. The highest BCUT2D eigenvalue weighted by Crippen LogP contribution is 2.23. The minimum Gasteiger partial charge on any atom is -0.477 e. The predicted molar refractivity (Wildman–Crippen MR) is 60.8 cm³/mol. The minimum absolute atomic E-state index is 0.310. The van der Waals surface area contributed by atoms with Crippen molar-refractivity contribution in [2.24, 2.45) is 7.05 Å². The normalized spacial score (nSPS) is 17.2. The second kappa shape index (κ2) is 4.55. The highest BCUT2D eigenvalue weighted by atomic mass is 16.4. The molecule has 2 rings (SSSR count). The van der Waals surface area contributed by atoms with Crippen molar-refractivity contribution >= 4 is 11.8 Å². The highest BCUT2D eigenvalue weighted by Gasteiger charge is 2.21. The van der Waals surface area contributed by atoms with Crippen molar-refractivity contribution < 1.29 is 9.90 Å². The summed E-state index contributed by atoms with van der Waals surface area (Å²) in [7, 11) is 1.80. The van der Waals surface area contributed by atoms with E-state index in [0.717, 1.165) is 31.7 Å². The largest absolute Gasteiger partial charge is 0.477 e. The Balaban J connectivity index is 2.29. The third kappa shape index (κ3) is 2.03. The highest BCUT2D eigenvalue weighted by molar-refractivity contribution is 5.93. The maximum Gasteiger partial charge on any atom is 0.341 e. The van der Waals surface area contributed by atoms with Crippen LogP contribution in [0.25, 0.3) is 0 Å². The molecule has 16 heavy (non-hydrogen) atoms. The van der Waals surface area contributed by atoms with Gasteiger partial charge >= 0.3 is 5.97 Å². The summed E-state index contributed by atoms with van der Waals surface area (Å²) >= 11 is 0. The predicted octanol–water partition coefficient (Wildman–Crippen LogP) is 1.50. The molecule has 1 aromatic heterocycles. The van der Waals surface area contributed by atoms with E-state index >= 15 is 0 Å². The second-order valence-electron chi connectivity index (χ2n) is 4.21. The maximum absolute atomic E-state index is 11.1. The fourth-order valence-corrected chi connectivity index (χ4v) is 2.24. The van der Waals surface area contributed by atoms with Crippen LogP contribution in [-0.2, 0) is 7.05 Å². The first-order valence-electron chi connectivity index (χ1n) is 5.70. The van der Waals surface area contributed by atoms with Crippen molar-refractivity contribution in [3.63, 3.8) is 0 Å². The molecule has 5 nitrogen and oxygen atoms in total. The first-order valence-corrected chi connectivity index (χ1v) is 5.70. The Morgan fingerprint density at radius 3 is 2.50 bits per heavy atom. The Hall–Kier alpha value is -1.52. The molecule has 0 amide bonds. The minimum atomic E-state index is -0.896. The lowest BCUT2D eigenvalue weighted by molar-refractivity contribution is 0.0697. The van der Waals surface area contributed by atoms with Gasteiger partial charge in [0.25, 0.3) is 0 Å². The van der Waals surface area contributed by atoms with Gasteiger partial charge in [0.1, 0.15) is 11.4 Å². The third-order valence-corrected chi connectivity index (χ3v) is 3.04. The number of nitrogens with zero attached hydrogens (tertiary/aromatic N) is 3. The Morgan fingerprint density at radius 1 is 1.31 bits per heavy atom. The molecule has 0 radical (unpaired) electrons. The second-order valence-corrected chi connectivity index (χ2v) is 4.21. The number of anilines is 1. The van der Waals surface area contributed by atoms with Crippen molar-refractivity contribution in [2.45, 2.75) is 25.7 Å². The zero-order valence-electron chi connectivity index (χ0n) is 9.52. The number of hydrogen-bond donors (Lipinski definition) is 1. The molecule has 0 aromatic carbocycles. The molecule has 1 aliphatic rings. The molecule has 1 N–H and O–H groups in total. The summed E-state index contributed by atoms with van der Waals surface area (Å²) in [5.41, 5.74) is 0.310. The summed E-state index contributed by atoms with van der Waals surface area (Å²) < 4.78 is 1.66. The lowest BCUT2D eigenvalue weighted by Crippen LogP contribution is -2.27. The summed E-state index contributed by atoms with van der Waals surface area (Å²) in [6.45, 7) is 1.86. The van der Waals surface area contributed by atoms with Gasteiger partial charge in [0.05, 0.1) is 6.20 Å². The average molecular weight is 223 g/mol. The van der Waals surface area contributed by atoms with Gasteiger partial charge < -0.3 is 10.0 Å². The van der Waals surface area contributed by atoms with E-state index in [4.69, 9.17) is 5.11 Å². The van der Waals surface area contributed by atoms with Crippen LogP contribution >= 0.6 is 0 Å². The third-order valence-electron chi connectivity index (χ3n) is 3.04. The number of carboxylic acids is 1. The van der Waals surface area contributed by atoms with Gasteiger partial charge in [0, 0.05) is 20.1 Å². The monoisotopic (exact) mass is 223 g/mol. The molecule has 0 unspecified atom stereocenters. The van der Waals surface area contributed by atoms with E-state index in [2.05, 4.69) is 10.00 Å². The van der Waals surface area contributed by atoms with Gasteiger partial charge in [-0.25, -0.2) is 4.79 Å². The van der Waals surface area contributed by atoms with Crippen molar-refractivity contribution in [1.82, 2.24) is 9.78 Å². The first-order chi connectivity index (χ1) is 7.70. The number of aromatic nitrogens is 2. The van der Waals surface area contributed by atoms with Crippen molar-refractivity contribution in [2.75, 3.05) is 18.0 Å². The lowest BCUT2D eigenvalue weighted by atomic mass is 10.2. The number of aromatic carboxylic acids is 1. The Labute approximate surface area is 94.7 Å². The lowest BCUT2D eigenvalue weighted by Gasteiger charge is -2.23. The van der Waals surface area contributed by atoms with Crippen molar-refractivity contribution in [3.8, 4) is 0 Å². The molecule has 88 valence electrons. The van der Waals surface area contributed by atoms with Crippen LogP contribution in [0.4, 0.5) is 5.82 Å². The van der Waals surface area contributed by atoms with Gasteiger partial charge in [-0.1, -0.05) is 12.8 Å². The summed E-state index contributed by atoms with van der Waals surface area (Å²) in [4.78, 5) is 13.2. The van der Waals surface area contributed by atoms with Crippen LogP contribution in [0, 0.1) is 0 Å². The van der Waals surface area contributed by atoms with Crippen molar-refractivity contribution in [3.05, 3.63) is 11.8 Å². The van der Waals surface area contributed by atoms with Crippen LogP contribution in [0.1, 0.15) is 36.0 Å². The van der Waals surface area contributed by atoms with E-state index in [1.165, 1.54) is 19.0 Å². The van der Waals surface area contributed by atoms with Crippen LogP contribution in [-0.4, -0.2) is 33.9 Å². The van der Waals surface area contributed by atoms with Gasteiger partial charge in [-0.15, -0.1) is 0 Å². The quantitative estimate of drug-likeness (QED) is 0.825. The molecule has 1 fully saturated rings. The molecule has 5 heteroatoms. The van der Waals surface area contributed by atoms with E-state index < -0.39 is 5.97 Å². The standard InChI is InChI=1S/C11H17N3O2/c1-13-10(9(8-12-13)11(15)16)14-6-4-2-3-5-7-14/h8H,2-7H2,1H3,(H,15,16). The molecule has 1 aromatic rings. The fourth-order valence-electron chi connectivity index (χ4n) is 2.24. The summed E-state index contributed by atoms with van der Waals surface area (Å²) in [5, 5.41) is 13.1. The number of carboxylic acid groups (broad SMARTS) is 1. The smallest absolute Gasteiger partial charge is 0.341 e. The maximum atomic E-state index is 11.1. The molecule has 1 saturated heterocycles. The fraction of sp³-hybridized carbons (Fsp3) is 0.636. The summed E-state index contributed by atoms with van der Waals surface area (Å²) in [6.07, 6.45) is 6.16. The van der Waals surface area contributed by atoms with Crippen LogP contribution in [0.3, 0.4) is 0 Å². The number of hydrogen-bond acceptors (Lipinski definition) is 3. The van der Waals surface area contributed by atoms with E-state index in [-0.39, 0.29) is 0 Å². The molecular formula is C11H17N3O2. The van der Waals surface area contributed by atoms with Gasteiger partial charge in [0.2, 0.25) is 0 Å². The van der Waals surface area contributed by atoms with Gasteiger partial charge in [0.15, 0.2) is 0 Å². The van der Waals surface area contributed by atoms with Crippen LogP contribution in [0.2, 0.25) is 0 Å². The van der Waals surface area contributed by atoms with Crippen molar-refractivity contribution in [1.29, 1.82) is 0 Å². The van der Waals surface area contributed by atoms with Gasteiger partial charge in [-0.05, 0) is 12.8 Å². The van der Waals surface area contributed by atoms with E-state index in [9.17, 15) is 4.79 Å². The van der Waals surface area contributed by atoms with Crippen LogP contribution < -0.4 is 4.90 Å². The molecule has 0 aliphatic carbocycles. The van der Waals surface area contributed by atoms with Gasteiger partial charge in [-0.2, -0.15) is 5.10 Å². The average Bonchev–Trinajstić information content (AvgIpc) is 2.50. The topological polar surface area (TPSA) is 58.4 Å². The SMILES string of the molecule is Cn1ncc(C(=O)O)c1N1CCCCCC1. The summed E-state index contributed by atoms with van der Waals surface area (Å²) in [6, 6.07) is 0. The first kappa shape index (κ1) is 11.0. The molecule has 0 spiro atoms. The molecule has 0 bridgehead atoms. The number of carbonyl (C=O) groups is 1. The zero-order chi connectivity index (χ0) is 11.5. The van der Waals surface area contributed by atoms with Gasteiger partial charge in [-0.3, -0.25) is 4.68 Å². The zero-order valence-corrected chi connectivity index (χ0v) is 9.52.